The van der Waals surface area contributed by atoms with Crippen LogP contribution in [0, 0.1) is 5.92 Å². The number of nitrogens with one attached hydrogen (secondary N) is 2. The number of aromatic nitrogens is 1. The highest BCUT2D eigenvalue weighted by Gasteiger charge is 2.26. The van der Waals surface area contributed by atoms with Gasteiger partial charge in [0.1, 0.15) is 0 Å². The third-order valence-electron chi connectivity index (χ3n) is 4.32. The lowest BCUT2D eigenvalue weighted by Crippen LogP contribution is -2.41. The van der Waals surface area contributed by atoms with Gasteiger partial charge >= 0.3 is 0 Å². The van der Waals surface area contributed by atoms with Crippen molar-refractivity contribution in [2.75, 3.05) is 19.6 Å². The summed E-state index contributed by atoms with van der Waals surface area (Å²) in [5.41, 5.74) is 3.76. The molecule has 2 aromatic rings. The molecule has 112 valence electrons. The van der Waals surface area contributed by atoms with Crippen molar-refractivity contribution in [3.63, 3.8) is 0 Å². The molecule has 0 saturated carbocycles. The molecule has 2 heterocycles. The maximum Gasteiger partial charge on any atom is 0.226 e. The quantitative estimate of drug-likeness (QED) is 0.905. The number of carbonyl (C=O) groups excluding carboxylic acids is 1. The maximum atomic E-state index is 12.5. The average molecular weight is 285 g/mol. The first-order chi connectivity index (χ1) is 10.2. The van der Waals surface area contributed by atoms with Crippen LogP contribution in [0.4, 0.5) is 0 Å². The molecule has 0 aliphatic carbocycles. The molecule has 0 fully saturated rings. The Kier molecular flexibility index (Phi) is 3.97. The smallest absolute Gasteiger partial charge is 0.226 e. The number of fused-ring (bicyclic) bond motifs is 3. The van der Waals surface area contributed by atoms with Gasteiger partial charge in [-0.25, -0.2) is 0 Å². The highest BCUT2D eigenvalue weighted by atomic mass is 16.2. The van der Waals surface area contributed by atoms with Crippen LogP contribution in [0.5, 0.6) is 0 Å². The van der Waals surface area contributed by atoms with Crippen LogP contribution < -0.4 is 5.32 Å². The van der Waals surface area contributed by atoms with Gasteiger partial charge in [-0.2, -0.15) is 0 Å². The van der Waals surface area contributed by atoms with Crippen LogP contribution in [-0.4, -0.2) is 35.4 Å². The van der Waals surface area contributed by atoms with E-state index in [1.807, 2.05) is 17.9 Å². The lowest BCUT2D eigenvalue weighted by atomic mass is 10.0. The van der Waals surface area contributed by atoms with Crippen molar-refractivity contribution >= 4 is 16.8 Å². The van der Waals surface area contributed by atoms with Gasteiger partial charge < -0.3 is 15.2 Å². The summed E-state index contributed by atoms with van der Waals surface area (Å²) in [5, 5.41) is 4.51. The monoisotopic (exact) mass is 285 g/mol. The summed E-state index contributed by atoms with van der Waals surface area (Å²) in [4.78, 5) is 18.0. The third kappa shape index (κ3) is 2.68. The highest BCUT2D eigenvalue weighted by molar-refractivity contribution is 5.86. The van der Waals surface area contributed by atoms with E-state index in [0.29, 0.717) is 0 Å². The molecule has 4 nitrogen and oxygen atoms in total. The molecule has 1 aliphatic heterocycles. The van der Waals surface area contributed by atoms with Gasteiger partial charge in [0.2, 0.25) is 5.91 Å². The van der Waals surface area contributed by atoms with Crippen molar-refractivity contribution in [2.24, 2.45) is 5.92 Å². The molecule has 0 radical (unpaired) electrons. The number of carbonyl (C=O) groups is 1. The molecule has 1 aliphatic rings. The predicted molar refractivity (Wildman–Crippen MR) is 85.1 cm³/mol. The molecule has 2 N–H and O–H groups in total. The van der Waals surface area contributed by atoms with Gasteiger partial charge in [-0.15, -0.1) is 0 Å². The summed E-state index contributed by atoms with van der Waals surface area (Å²) >= 11 is 0. The van der Waals surface area contributed by atoms with Crippen molar-refractivity contribution in [3.8, 4) is 0 Å². The van der Waals surface area contributed by atoms with Crippen LogP contribution >= 0.6 is 0 Å². The van der Waals surface area contributed by atoms with Crippen LogP contribution in [0.3, 0.4) is 0 Å². The van der Waals surface area contributed by atoms with E-state index in [9.17, 15) is 4.79 Å². The molecule has 1 unspecified atom stereocenters. The van der Waals surface area contributed by atoms with Gasteiger partial charge in [0, 0.05) is 54.1 Å². The second-order valence-corrected chi connectivity index (χ2v) is 5.85. The number of benzene rings is 1. The average Bonchev–Trinajstić information content (AvgIpc) is 2.89. The minimum Gasteiger partial charge on any atom is -0.358 e. The Morgan fingerprint density at radius 2 is 2.24 bits per heavy atom. The van der Waals surface area contributed by atoms with Crippen LogP contribution in [0.2, 0.25) is 0 Å². The Morgan fingerprint density at radius 1 is 1.43 bits per heavy atom. The van der Waals surface area contributed by atoms with E-state index in [0.717, 1.165) is 32.6 Å². The molecular formula is C17H23N3O. The first-order valence-corrected chi connectivity index (χ1v) is 7.78. The Bertz CT molecular complexity index is 647. The summed E-state index contributed by atoms with van der Waals surface area (Å²) in [5.74, 6) is 0.295. The minimum absolute atomic E-state index is 0.0386. The molecule has 0 saturated heterocycles. The molecular weight excluding hydrogens is 262 g/mol. The van der Waals surface area contributed by atoms with Crippen molar-refractivity contribution in [1.29, 1.82) is 0 Å². The van der Waals surface area contributed by atoms with Crippen LogP contribution in [0.25, 0.3) is 10.9 Å². The number of rotatable bonds is 4. The van der Waals surface area contributed by atoms with Gasteiger partial charge in [0.05, 0.1) is 0 Å². The number of hydrogen-bond acceptors (Lipinski definition) is 2. The Hall–Kier alpha value is -1.81. The Morgan fingerprint density at radius 3 is 3.05 bits per heavy atom. The van der Waals surface area contributed by atoms with Crippen molar-refractivity contribution in [1.82, 2.24) is 15.2 Å². The van der Waals surface area contributed by atoms with Crippen LogP contribution in [0.1, 0.15) is 25.1 Å². The van der Waals surface area contributed by atoms with Crippen molar-refractivity contribution < 1.29 is 4.79 Å². The molecule has 1 amide bonds. The van der Waals surface area contributed by atoms with E-state index in [-0.39, 0.29) is 11.8 Å². The number of para-hydroxylation sites is 1. The third-order valence-corrected chi connectivity index (χ3v) is 4.32. The van der Waals surface area contributed by atoms with E-state index in [1.165, 1.54) is 22.2 Å². The normalized spacial score (nSPS) is 16.0. The van der Waals surface area contributed by atoms with Crippen LogP contribution in [0.15, 0.2) is 24.3 Å². The van der Waals surface area contributed by atoms with Gasteiger partial charge in [0.15, 0.2) is 0 Å². The standard InChI is InChI=1S/C17H23N3O/c1-3-18-10-12(2)17(21)20-9-8-16-14(11-20)13-6-4-5-7-15(13)19-16/h4-7,12,18-19H,3,8-11H2,1-2H3. The Labute approximate surface area is 125 Å². The van der Waals surface area contributed by atoms with Gasteiger partial charge in [-0.05, 0) is 12.6 Å². The highest BCUT2D eigenvalue weighted by Crippen LogP contribution is 2.28. The first-order valence-electron chi connectivity index (χ1n) is 7.78. The number of H-pyrrole nitrogens is 1. The molecule has 3 rings (SSSR count). The van der Waals surface area contributed by atoms with Gasteiger partial charge in [-0.3, -0.25) is 4.79 Å². The number of hydrogen-bond donors (Lipinski definition) is 2. The summed E-state index contributed by atoms with van der Waals surface area (Å²) < 4.78 is 0. The van der Waals surface area contributed by atoms with E-state index in [2.05, 4.69) is 35.4 Å². The van der Waals surface area contributed by atoms with E-state index < -0.39 is 0 Å². The molecule has 1 atom stereocenters. The first kappa shape index (κ1) is 14.1. The number of aromatic amines is 1. The fraction of sp³-hybridized carbons (Fsp3) is 0.471. The largest absolute Gasteiger partial charge is 0.358 e. The topological polar surface area (TPSA) is 48.1 Å². The summed E-state index contributed by atoms with van der Waals surface area (Å²) in [7, 11) is 0. The van der Waals surface area contributed by atoms with Crippen molar-refractivity contribution in [3.05, 3.63) is 35.5 Å². The molecule has 0 bridgehead atoms. The zero-order valence-corrected chi connectivity index (χ0v) is 12.8. The fourth-order valence-corrected chi connectivity index (χ4v) is 3.11. The molecule has 0 spiro atoms. The van der Waals surface area contributed by atoms with Crippen molar-refractivity contribution in [2.45, 2.75) is 26.8 Å². The predicted octanol–water partition coefficient (Wildman–Crippen LogP) is 2.30. The van der Waals surface area contributed by atoms with E-state index in [4.69, 9.17) is 0 Å². The van der Waals surface area contributed by atoms with Gasteiger partial charge in [0.25, 0.3) is 0 Å². The van der Waals surface area contributed by atoms with Crippen LogP contribution in [-0.2, 0) is 17.8 Å². The summed E-state index contributed by atoms with van der Waals surface area (Å²) in [6.07, 6.45) is 0.920. The zero-order valence-electron chi connectivity index (χ0n) is 12.8. The number of nitrogens with zero attached hydrogens (tertiary/aromatic N) is 1. The summed E-state index contributed by atoms with van der Waals surface area (Å²) in [6, 6.07) is 8.35. The van der Waals surface area contributed by atoms with E-state index in [1.54, 1.807) is 0 Å². The summed E-state index contributed by atoms with van der Waals surface area (Å²) in [6.45, 7) is 7.28. The number of amides is 1. The molecule has 1 aromatic carbocycles. The minimum atomic E-state index is 0.0386. The SMILES string of the molecule is CCNCC(C)C(=O)N1CCc2[nH]c3ccccc3c2C1. The second kappa shape index (κ2) is 5.90. The zero-order chi connectivity index (χ0) is 14.8. The van der Waals surface area contributed by atoms with Gasteiger partial charge in [-0.1, -0.05) is 32.0 Å². The maximum absolute atomic E-state index is 12.5. The fourth-order valence-electron chi connectivity index (χ4n) is 3.11. The molecule has 21 heavy (non-hydrogen) atoms. The lowest BCUT2D eigenvalue weighted by molar-refractivity contribution is -0.135. The molecule has 4 heteroatoms. The van der Waals surface area contributed by atoms with E-state index >= 15 is 0 Å². The Balaban J connectivity index is 1.79. The second-order valence-electron chi connectivity index (χ2n) is 5.85. The molecule has 1 aromatic heterocycles. The lowest BCUT2D eigenvalue weighted by Gasteiger charge is -2.29.